The fourth-order valence-corrected chi connectivity index (χ4v) is 5.60. The number of hydrogen-bond acceptors (Lipinski definition) is 6. The van der Waals surface area contributed by atoms with Gasteiger partial charge in [-0.15, -0.1) is 11.3 Å². The number of thiazole rings is 1. The quantitative estimate of drug-likeness (QED) is 0.316. The first kappa shape index (κ1) is 23.2. The van der Waals surface area contributed by atoms with Gasteiger partial charge in [-0.3, -0.25) is 4.79 Å². The summed E-state index contributed by atoms with van der Waals surface area (Å²) in [5, 5.41) is 8.15. The van der Waals surface area contributed by atoms with Gasteiger partial charge in [0.2, 0.25) is 5.91 Å². The molecule has 1 aromatic carbocycles. The average molecular weight is 501 g/mol. The molecule has 0 bridgehead atoms. The van der Waals surface area contributed by atoms with Crippen LogP contribution in [0.15, 0.2) is 48.1 Å². The molecule has 0 radical (unpaired) electrons. The lowest BCUT2D eigenvalue weighted by Gasteiger charge is -2.31. The van der Waals surface area contributed by atoms with Gasteiger partial charge in [-0.1, -0.05) is 6.08 Å². The maximum absolute atomic E-state index is 13.3. The Morgan fingerprint density at radius 2 is 2.06 bits per heavy atom. The van der Waals surface area contributed by atoms with Crippen molar-refractivity contribution in [3.8, 4) is 0 Å². The summed E-state index contributed by atoms with van der Waals surface area (Å²) in [4.78, 5) is 27.8. The number of aromatic nitrogens is 3. The fraction of sp³-hybridized carbons (Fsp3) is 0.393. The Balaban J connectivity index is 1.18. The number of amides is 1. The van der Waals surface area contributed by atoms with E-state index in [1.165, 1.54) is 5.57 Å². The average Bonchev–Trinajstić information content (AvgIpc) is 3.29. The van der Waals surface area contributed by atoms with Crippen LogP contribution < -0.4 is 10.6 Å². The SMILES string of the molecule is CC(C)(C)NCC1(C(=O)N2CC=C(c3cc4c(Nc5ccc6ncsc6c5)ccnc4[nH]3)CC2)CC1. The van der Waals surface area contributed by atoms with E-state index >= 15 is 0 Å². The molecule has 3 N–H and O–H groups in total. The molecule has 1 saturated carbocycles. The molecular weight excluding hydrogens is 468 g/mol. The number of fused-ring (bicyclic) bond motifs is 2. The van der Waals surface area contributed by atoms with Crippen molar-refractivity contribution in [2.45, 2.75) is 45.6 Å². The molecule has 6 rings (SSSR count). The molecule has 186 valence electrons. The standard InChI is InChI=1S/C28H32N6OS/c1-27(2,3)31-16-28(9-10-28)26(35)34-12-7-18(8-13-34)23-15-20-21(6-11-29-25(20)33-23)32-19-4-5-22-24(14-19)36-17-30-22/h4-7,11,14-15,17,31H,8-10,12-13,16H2,1-3H3,(H2,29,32,33). The van der Waals surface area contributed by atoms with E-state index in [1.54, 1.807) is 11.3 Å². The Kier molecular flexibility index (Phi) is 5.61. The van der Waals surface area contributed by atoms with Crippen LogP contribution in [-0.2, 0) is 4.79 Å². The summed E-state index contributed by atoms with van der Waals surface area (Å²) in [6.45, 7) is 8.64. The van der Waals surface area contributed by atoms with Crippen LogP contribution in [0.5, 0.6) is 0 Å². The van der Waals surface area contributed by atoms with E-state index in [2.05, 4.69) is 70.6 Å². The predicted octanol–water partition coefficient (Wildman–Crippen LogP) is 5.70. The van der Waals surface area contributed by atoms with Crippen LogP contribution in [0.25, 0.3) is 26.8 Å². The number of nitrogens with zero attached hydrogens (tertiary/aromatic N) is 3. The summed E-state index contributed by atoms with van der Waals surface area (Å²) in [5.74, 6) is 0.303. The second-order valence-electron chi connectivity index (χ2n) is 11.1. The number of hydrogen-bond donors (Lipinski definition) is 3. The molecule has 36 heavy (non-hydrogen) atoms. The van der Waals surface area contributed by atoms with Crippen LogP contribution in [-0.4, -0.2) is 50.9 Å². The molecule has 1 fully saturated rings. The number of pyridine rings is 1. The molecular formula is C28H32N6OS. The number of aromatic amines is 1. The number of H-pyrrole nitrogens is 1. The van der Waals surface area contributed by atoms with Crippen molar-refractivity contribution in [2.24, 2.45) is 5.41 Å². The highest BCUT2D eigenvalue weighted by Gasteiger charge is 2.51. The van der Waals surface area contributed by atoms with Gasteiger partial charge in [-0.05, 0) is 75.9 Å². The molecule has 4 heterocycles. The number of carbonyl (C=O) groups excluding carboxylic acids is 1. The Hall–Kier alpha value is -3.23. The van der Waals surface area contributed by atoms with Crippen LogP contribution in [0.1, 0.15) is 45.7 Å². The molecule has 8 heteroatoms. The third-order valence-electron chi connectivity index (χ3n) is 7.25. The van der Waals surface area contributed by atoms with E-state index in [9.17, 15) is 4.79 Å². The molecule has 1 aliphatic carbocycles. The zero-order valence-corrected chi connectivity index (χ0v) is 21.8. The van der Waals surface area contributed by atoms with Crippen LogP contribution in [0.4, 0.5) is 11.4 Å². The highest BCUT2D eigenvalue weighted by Crippen LogP contribution is 2.47. The van der Waals surface area contributed by atoms with Gasteiger partial charge in [-0.2, -0.15) is 0 Å². The van der Waals surface area contributed by atoms with Gasteiger partial charge in [0.25, 0.3) is 0 Å². The molecule has 3 aromatic heterocycles. The maximum Gasteiger partial charge on any atom is 0.230 e. The van der Waals surface area contributed by atoms with Crippen LogP contribution in [0.3, 0.4) is 0 Å². The summed E-state index contributed by atoms with van der Waals surface area (Å²) in [6, 6.07) is 10.4. The largest absolute Gasteiger partial charge is 0.355 e. The van der Waals surface area contributed by atoms with E-state index in [-0.39, 0.29) is 11.0 Å². The van der Waals surface area contributed by atoms with Gasteiger partial charge in [0, 0.05) is 48.1 Å². The van der Waals surface area contributed by atoms with E-state index in [0.29, 0.717) is 12.5 Å². The van der Waals surface area contributed by atoms with Crippen molar-refractivity contribution in [1.82, 2.24) is 25.2 Å². The summed E-state index contributed by atoms with van der Waals surface area (Å²) in [5.41, 5.74) is 7.94. The van der Waals surface area contributed by atoms with Crippen LogP contribution >= 0.6 is 11.3 Å². The van der Waals surface area contributed by atoms with Crippen molar-refractivity contribution in [2.75, 3.05) is 25.0 Å². The second kappa shape index (κ2) is 8.71. The molecule has 0 atom stereocenters. The molecule has 0 unspecified atom stereocenters. The maximum atomic E-state index is 13.3. The van der Waals surface area contributed by atoms with Gasteiger partial charge < -0.3 is 20.5 Å². The Morgan fingerprint density at radius 3 is 2.81 bits per heavy atom. The Morgan fingerprint density at radius 1 is 1.19 bits per heavy atom. The molecule has 1 aliphatic heterocycles. The van der Waals surface area contributed by atoms with Gasteiger partial charge in [-0.25, -0.2) is 9.97 Å². The second-order valence-corrected chi connectivity index (χ2v) is 12.0. The van der Waals surface area contributed by atoms with Crippen molar-refractivity contribution < 1.29 is 4.79 Å². The van der Waals surface area contributed by atoms with Crippen LogP contribution in [0, 0.1) is 5.41 Å². The topological polar surface area (TPSA) is 85.9 Å². The summed E-state index contributed by atoms with van der Waals surface area (Å²) < 4.78 is 1.16. The number of rotatable bonds is 6. The van der Waals surface area contributed by atoms with Crippen LogP contribution in [0.2, 0.25) is 0 Å². The molecule has 0 spiro atoms. The highest BCUT2D eigenvalue weighted by atomic mass is 32.1. The van der Waals surface area contributed by atoms with Crippen molar-refractivity contribution in [3.05, 3.63) is 53.8 Å². The smallest absolute Gasteiger partial charge is 0.230 e. The first-order valence-corrected chi connectivity index (χ1v) is 13.5. The molecule has 7 nitrogen and oxygen atoms in total. The first-order chi connectivity index (χ1) is 17.3. The van der Waals surface area contributed by atoms with Crippen molar-refractivity contribution in [3.63, 3.8) is 0 Å². The summed E-state index contributed by atoms with van der Waals surface area (Å²) in [7, 11) is 0. The Bertz CT molecular complexity index is 1470. The number of carbonyl (C=O) groups is 1. The van der Waals surface area contributed by atoms with Gasteiger partial charge >= 0.3 is 0 Å². The van der Waals surface area contributed by atoms with Crippen molar-refractivity contribution >= 4 is 55.4 Å². The van der Waals surface area contributed by atoms with E-state index in [0.717, 1.165) is 70.7 Å². The lowest BCUT2D eigenvalue weighted by molar-refractivity contribution is -0.136. The molecule has 1 amide bonds. The minimum absolute atomic E-state index is 0.0239. The van der Waals surface area contributed by atoms with Gasteiger partial charge in [0.05, 0.1) is 26.8 Å². The minimum Gasteiger partial charge on any atom is -0.355 e. The fourth-order valence-electron chi connectivity index (χ4n) is 4.88. The summed E-state index contributed by atoms with van der Waals surface area (Å²) >= 11 is 1.64. The number of anilines is 2. The highest BCUT2D eigenvalue weighted by molar-refractivity contribution is 7.16. The van der Waals surface area contributed by atoms with Crippen molar-refractivity contribution in [1.29, 1.82) is 0 Å². The minimum atomic E-state index is -0.202. The van der Waals surface area contributed by atoms with Gasteiger partial charge in [0.1, 0.15) is 5.65 Å². The first-order valence-electron chi connectivity index (χ1n) is 12.6. The summed E-state index contributed by atoms with van der Waals surface area (Å²) in [6.07, 6.45) is 6.84. The van der Waals surface area contributed by atoms with E-state index < -0.39 is 0 Å². The normalized spacial score (nSPS) is 17.4. The zero-order chi connectivity index (χ0) is 24.9. The van der Waals surface area contributed by atoms with E-state index in [1.807, 2.05) is 28.7 Å². The lowest BCUT2D eigenvalue weighted by Crippen LogP contribution is -2.47. The molecule has 2 aliphatic rings. The molecule has 0 saturated heterocycles. The predicted molar refractivity (Wildman–Crippen MR) is 148 cm³/mol. The Labute approximate surface area is 215 Å². The third kappa shape index (κ3) is 4.51. The number of benzene rings is 1. The monoisotopic (exact) mass is 500 g/mol. The zero-order valence-electron chi connectivity index (χ0n) is 21.0. The number of nitrogens with one attached hydrogen (secondary N) is 3. The third-order valence-corrected chi connectivity index (χ3v) is 8.04. The van der Waals surface area contributed by atoms with E-state index in [4.69, 9.17) is 0 Å². The lowest BCUT2D eigenvalue weighted by atomic mass is 9.99. The van der Waals surface area contributed by atoms with Gasteiger partial charge in [0.15, 0.2) is 0 Å². The molecule has 4 aromatic rings.